The number of fused-ring (bicyclic) bond motifs is 4. The Hall–Kier alpha value is -4.06. The van der Waals surface area contributed by atoms with Crippen molar-refractivity contribution >= 4 is 44.4 Å². The fourth-order valence-corrected chi connectivity index (χ4v) is 3.67. The van der Waals surface area contributed by atoms with Gasteiger partial charge in [-0.15, -0.1) is 0 Å². The summed E-state index contributed by atoms with van der Waals surface area (Å²) in [6, 6.07) is 20.9. The summed E-state index contributed by atoms with van der Waals surface area (Å²) >= 11 is 0. The van der Waals surface area contributed by atoms with E-state index in [1.54, 1.807) is 32.4 Å². The van der Waals surface area contributed by atoms with Gasteiger partial charge in [-0.2, -0.15) is 0 Å². The van der Waals surface area contributed by atoms with Gasteiger partial charge in [0.2, 0.25) is 0 Å². The van der Waals surface area contributed by atoms with Crippen LogP contribution < -0.4 is 14.8 Å². The minimum atomic E-state index is -0.747. The molecule has 1 N–H and O–H groups in total. The molecule has 2 aromatic heterocycles. The minimum absolute atomic E-state index is 0.304. The summed E-state index contributed by atoms with van der Waals surface area (Å²) in [7, 11) is 1.57. The van der Waals surface area contributed by atoms with Gasteiger partial charge in [-0.3, -0.25) is 9.78 Å². The summed E-state index contributed by atoms with van der Waals surface area (Å²) in [6.45, 7) is 1.70. The first-order valence-corrected chi connectivity index (χ1v) is 9.94. The van der Waals surface area contributed by atoms with E-state index in [0.29, 0.717) is 28.3 Å². The second-order valence-electron chi connectivity index (χ2n) is 7.23. The number of carbonyl (C=O) groups excluding carboxylic acids is 1. The van der Waals surface area contributed by atoms with E-state index >= 15 is 0 Å². The highest BCUT2D eigenvalue weighted by Crippen LogP contribution is 2.36. The lowest BCUT2D eigenvalue weighted by Gasteiger charge is -2.17. The molecule has 6 nitrogen and oxygen atoms in total. The molecule has 0 unspecified atom stereocenters. The van der Waals surface area contributed by atoms with Crippen molar-refractivity contribution in [2.24, 2.45) is 0 Å². The van der Waals surface area contributed by atoms with Crippen LogP contribution in [0.3, 0.4) is 0 Å². The van der Waals surface area contributed by atoms with E-state index in [1.165, 1.54) is 0 Å². The number of hydrogen-bond acceptors (Lipinski definition) is 5. The molecule has 0 aliphatic rings. The van der Waals surface area contributed by atoms with E-state index in [-0.39, 0.29) is 5.91 Å². The molecule has 3 aromatic carbocycles. The molecule has 2 heterocycles. The first-order valence-electron chi connectivity index (χ1n) is 9.94. The summed E-state index contributed by atoms with van der Waals surface area (Å²) in [5.74, 6) is 0.800. The van der Waals surface area contributed by atoms with Crippen LogP contribution >= 0.6 is 0 Å². The molecule has 154 valence electrons. The van der Waals surface area contributed by atoms with Crippen molar-refractivity contribution in [3.05, 3.63) is 72.9 Å². The lowest BCUT2D eigenvalue weighted by molar-refractivity contribution is -0.122. The smallest absolute Gasteiger partial charge is 0.265 e. The second-order valence-corrected chi connectivity index (χ2v) is 7.23. The number of carbonyl (C=O) groups is 1. The molecule has 5 rings (SSSR count). The number of aromatic nitrogens is 1. The molecule has 0 aliphatic carbocycles. The molecule has 0 radical (unpaired) electrons. The molecule has 0 aliphatic heterocycles. The van der Waals surface area contributed by atoms with Gasteiger partial charge >= 0.3 is 0 Å². The van der Waals surface area contributed by atoms with Crippen LogP contribution in [0.1, 0.15) is 6.92 Å². The zero-order valence-electron chi connectivity index (χ0n) is 17.1. The molecule has 0 spiro atoms. The fourth-order valence-electron chi connectivity index (χ4n) is 3.67. The van der Waals surface area contributed by atoms with Crippen molar-refractivity contribution in [2.45, 2.75) is 13.0 Å². The Labute approximate surface area is 178 Å². The Bertz CT molecular complexity index is 1420. The summed E-state index contributed by atoms with van der Waals surface area (Å²) in [5, 5.41) is 5.77. The van der Waals surface area contributed by atoms with Crippen molar-refractivity contribution in [3.8, 4) is 11.5 Å². The van der Waals surface area contributed by atoms with Crippen molar-refractivity contribution in [1.82, 2.24) is 4.98 Å². The average molecular weight is 412 g/mol. The number of ether oxygens (including phenoxy) is 2. The number of methoxy groups -OCH3 is 1. The van der Waals surface area contributed by atoms with Crippen LogP contribution in [0.4, 0.5) is 5.69 Å². The van der Waals surface area contributed by atoms with E-state index in [1.807, 2.05) is 54.6 Å². The van der Waals surface area contributed by atoms with Crippen molar-refractivity contribution in [3.63, 3.8) is 0 Å². The standard InChI is InChI=1S/C25H20N2O4/c1-15(30-21-11-5-7-16-8-6-12-26-24(16)21)25(28)27-19-14-22-18(13-23(19)29-2)17-9-3-4-10-20(17)31-22/h3-15H,1-2H3,(H,27,28)/t15-/m1/s1. The van der Waals surface area contributed by atoms with Gasteiger partial charge in [0.1, 0.15) is 28.2 Å². The maximum Gasteiger partial charge on any atom is 0.265 e. The predicted octanol–water partition coefficient (Wildman–Crippen LogP) is 5.55. The number of amides is 1. The zero-order chi connectivity index (χ0) is 21.4. The fraction of sp³-hybridized carbons (Fsp3) is 0.120. The van der Waals surface area contributed by atoms with Crippen LogP contribution in [0.2, 0.25) is 0 Å². The molecular weight excluding hydrogens is 392 g/mol. The third-order valence-corrected chi connectivity index (χ3v) is 5.23. The molecule has 0 bridgehead atoms. The maximum absolute atomic E-state index is 12.9. The molecule has 5 aromatic rings. The average Bonchev–Trinajstić information content (AvgIpc) is 3.16. The first kappa shape index (κ1) is 18.9. The zero-order valence-corrected chi connectivity index (χ0v) is 17.1. The van der Waals surface area contributed by atoms with Gasteiger partial charge in [0.25, 0.3) is 5.91 Å². The van der Waals surface area contributed by atoms with Gasteiger partial charge in [-0.25, -0.2) is 0 Å². The lowest BCUT2D eigenvalue weighted by Crippen LogP contribution is -2.30. The molecule has 1 atom stereocenters. The van der Waals surface area contributed by atoms with Gasteiger partial charge in [-0.05, 0) is 31.2 Å². The van der Waals surface area contributed by atoms with Crippen LogP contribution in [-0.2, 0) is 4.79 Å². The Balaban J connectivity index is 1.43. The number of para-hydroxylation sites is 2. The Morgan fingerprint density at radius 1 is 0.968 bits per heavy atom. The summed E-state index contributed by atoms with van der Waals surface area (Å²) < 4.78 is 17.4. The van der Waals surface area contributed by atoms with Gasteiger partial charge in [0, 0.05) is 28.4 Å². The summed E-state index contributed by atoms with van der Waals surface area (Å²) in [5.41, 5.74) is 2.68. The van der Waals surface area contributed by atoms with E-state index in [4.69, 9.17) is 13.9 Å². The van der Waals surface area contributed by atoms with Gasteiger partial charge in [0.15, 0.2) is 6.10 Å². The number of anilines is 1. The highest BCUT2D eigenvalue weighted by Gasteiger charge is 2.20. The topological polar surface area (TPSA) is 73.6 Å². The molecular formula is C25H20N2O4. The Morgan fingerprint density at radius 2 is 1.81 bits per heavy atom. The number of rotatable bonds is 5. The third-order valence-electron chi connectivity index (χ3n) is 5.23. The van der Waals surface area contributed by atoms with E-state index in [9.17, 15) is 4.79 Å². The van der Waals surface area contributed by atoms with Crippen LogP contribution in [0, 0.1) is 0 Å². The van der Waals surface area contributed by atoms with Crippen LogP contribution in [-0.4, -0.2) is 24.1 Å². The second kappa shape index (κ2) is 7.65. The monoisotopic (exact) mass is 412 g/mol. The molecule has 6 heteroatoms. The lowest BCUT2D eigenvalue weighted by atomic mass is 10.1. The van der Waals surface area contributed by atoms with Gasteiger partial charge in [-0.1, -0.05) is 36.4 Å². The Morgan fingerprint density at radius 3 is 2.68 bits per heavy atom. The van der Waals surface area contributed by atoms with Crippen molar-refractivity contribution in [1.29, 1.82) is 0 Å². The molecule has 0 fully saturated rings. The number of benzene rings is 3. The summed E-state index contributed by atoms with van der Waals surface area (Å²) in [6.07, 6.45) is 0.955. The number of pyridine rings is 1. The third kappa shape index (κ3) is 3.42. The summed E-state index contributed by atoms with van der Waals surface area (Å²) in [4.78, 5) is 17.3. The first-order chi connectivity index (χ1) is 15.1. The van der Waals surface area contributed by atoms with E-state index in [2.05, 4.69) is 10.3 Å². The van der Waals surface area contributed by atoms with E-state index in [0.717, 1.165) is 21.7 Å². The van der Waals surface area contributed by atoms with Crippen LogP contribution in [0.25, 0.3) is 32.8 Å². The molecule has 0 saturated heterocycles. The maximum atomic E-state index is 12.9. The molecule has 31 heavy (non-hydrogen) atoms. The van der Waals surface area contributed by atoms with Crippen molar-refractivity contribution < 1.29 is 18.7 Å². The van der Waals surface area contributed by atoms with Crippen molar-refractivity contribution in [2.75, 3.05) is 12.4 Å². The number of nitrogens with one attached hydrogen (secondary N) is 1. The van der Waals surface area contributed by atoms with Crippen LogP contribution in [0.15, 0.2) is 77.3 Å². The normalized spacial score (nSPS) is 12.2. The highest BCUT2D eigenvalue weighted by atomic mass is 16.5. The van der Waals surface area contributed by atoms with Gasteiger partial charge < -0.3 is 19.2 Å². The van der Waals surface area contributed by atoms with Gasteiger partial charge in [0.05, 0.1) is 12.8 Å². The van der Waals surface area contributed by atoms with Crippen LogP contribution in [0.5, 0.6) is 11.5 Å². The number of hydrogen-bond donors (Lipinski definition) is 1. The van der Waals surface area contributed by atoms with E-state index < -0.39 is 6.10 Å². The molecule has 0 saturated carbocycles. The molecule has 1 amide bonds. The predicted molar refractivity (Wildman–Crippen MR) is 121 cm³/mol. The minimum Gasteiger partial charge on any atom is -0.495 e. The largest absolute Gasteiger partial charge is 0.495 e. The Kier molecular flexibility index (Phi) is 4.67. The SMILES string of the molecule is COc1cc2c(cc1NC(=O)[C@@H](C)Oc1cccc3cccnc13)oc1ccccc12. The highest BCUT2D eigenvalue weighted by molar-refractivity contribution is 6.08. The number of furan rings is 1. The quantitative estimate of drug-likeness (QED) is 0.410. The number of nitrogens with zero attached hydrogens (tertiary/aromatic N) is 1.